The van der Waals surface area contributed by atoms with Crippen molar-refractivity contribution >= 4 is 11.7 Å². The summed E-state index contributed by atoms with van der Waals surface area (Å²) in [4.78, 5) is 11.9. The third-order valence-electron chi connectivity index (χ3n) is 3.76. The van der Waals surface area contributed by atoms with E-state index in [4.69, 9.17) is 5.73 Å². The smallest absolute Gasteiger partial charge is 0.335 e. The van der Waals surface area contributed by atoms with E-state index in [1.807, 2.05) is 0 Å². The molecule has 116 valence electrons. The number of nitrogens with two attached hydrogens (primary N) is 1. The van der Waals surface area contributed by atoms with Crippen LogP contribution in [-0.2, 0) is 6.18 Å². The molecule has 0 radical (unpaired) electrons. The summed E-state index contributed by atoms with van der Waals surface area (Å²) < 4.78 is 38.5. The van der Waals surface area contributed by atoms with Gasteiger partial charge in [0, 0.05) is 6.04 Å². The highest BCUT2D eigenvalue weighted by Crippen LogP contribution is 2.34. The van der Waals surface area contributed by atoms with Crippen LogP contribution in [0.25, 0.3) is 0 Å². The van der Waals surface area contributed by atoms with Crippen LogP contribution in [0.1, 0.15) is 24.8 Å². The zero-order valence-corrected chi connectivity index (χ0v) is 11.4. The number of nitrogens with one attached hydrogen (secondary N) is 2. The van der Waals surface area contributed by atoms with Gasteiger partial charge in [0.1, 0.15) is 0 Å². The first-order valence-electron chi connectivity index (χ1n) is 6.85. The lowest BCUT2D eigenvalue weighted by atomic mass is 10.0. The Hall–Kier alpha value is -1.76. The summed E-state index contributed by atoms with van der Waals surface area (Å²) in [5, 5.41) is 4.99. The number of benzene rings is 1. The number of hydrogen-bond acceptors (Lipinski definition) is 2. The van der Waals surface area contributed by atoms with Crippen LogP contribution < -0.4 is 16.4 Å². The van der Waals surface area contributed by atoms with Crippen LogP contribution in [0.5, 0.6) is 0 Å². The molecule has 0 aromatic heterocycles. The van der Waals surface area contributed by atoms with Gasteiger partial charge in [-0.15, -0.1) is 0 Å². The molecule has 0 bridgehead atoms. The highest BCUT2D eigenvalue weighted by atomic mass is 19.4. The highest BCUT2D eigenvalue weighted by molar-refractivity contribution is 5.90. The van der Waals surface area contributed by atoms with Crippen molar-refractivity contribution in [3.63, 3.8) is 0 Å². The second-order valence-corrected chi connectivity index (χ2v) is 5.17. The summed E-state index contributed by atoms with van der Waals surface area (Å²) in [6.07, 6.45) is -1.81. The molecule has 1 saturated carbocycles. The molecule has 1 aromatic carbocycles. The Bertz CT molecular complexity index is 504. The number of amides is 2. The van der Waals surface area contributed by atoms with Gasteiger partial charge in [0.05, 0.1) is 11.3 Å². The third kappa shape index (κ3) is 3.87. The zero-order valence-electron chi connectivity index (χ0n) is 11.4. The number of urea groups is 1. The fourth-order valence-corrected chi connectivity index (χ4v) is 2.68. The first-order chi connectivity index (χ1) is 9.91. The van der Waals surface area contributed by atoms with Gasteiger partial charge in [0.25, 0.3) is 0 Å². The number of para-hydroxylation sites is 1. The Morgan fingerprint density at radius 3 is 2.67 bits per heavy atom. The fourth-order valence-electron chi connectivity index (χ4n) is 2.68. The monoisotopic (exact) mass is 301 g/mol. The largest absolute Gasteiger partial charge is 0.418 e. The lowest BCUT2D eigenvalue weighted by Gasteiger charge is -2.20. The van der Waals surface area contributed by atoms with Gasteiger partial charge in [0.15, 0.2) is 0 Å². The van der Waals surface area contributed by atoms with Crippen molar-refractivity contribution in [2.45, 2.75) is 31.5 Å². The number of alkyl halides is 3. The quantitative estimate of drug-likeness (QED) is 0.803. The summed E-state index contributed by atoms with van der Waals surface area (Å²) in [6, 6.07) is 4.20. The molecule has 1 aliphatic carbocycles. The van der Waals surface area contributed by atoms with Crippen LogP contribution in [0.15, 0.2) is 24.3 Å². The SMILES string of the molecule is NCC1CCCC1NC(=O)Nc1ccccc1C(F)(F)F. The van der Waals surface area contributed by atoms with Crippen molar-refractivity contribution < 1.29 is 18.0 Å². The highest BCUT2D eigenvalue weighted by Gasteiger charge is 2.34. The molecule has 2 amide bonds. The maximum absolute atomic E-state index is 12.8. The van der Waals surface area contributed by atoms with E-state index in [0.717, 1.165) is 25.3 Å². The molecule has 1 fully saturated rings. The maximum atomic E-state index is 12.8. The first kappa shape index (κ1) is 15.6. The van der Waals surface area contributed by atoms with Gasteiger partial charge in [-0.05, 0) is 37.4 Å². The van der Waals surface area contributed by atoms with E-state index < -0.39 is 17.8 Å². The number of carbonyl (C=O) groups excluding carboxylic acids is 1. The van der Waals surface area contributed by atoms with Crippen LogP contribution in [0, 0.1) is 5.92 Å². The molecule has 2 atom stereocenters. The maximum Gasteiger partial charge on any atom is 0.418 e. The topological polar surface area (TPSA) is 67.1 Å². The van der Waals surface area contributed by atoms with Crippen molar-refractivity contribution in [1.82, 2.24) is 5.32 Å². The average Bonchev–Trinajstić information content (AvgIpc) is 2.85. The molecule has 21 heavy (non-hydrogen) atoms. The van der Waals surface area contributed by atoms with Crippen molar-refractivity contribution in [2.24, 2.45) is 11.7 Å². The minimum absolute atomic E-state index is 0.0759. The standard InChI is InChI=1S/C14H18F3N3O/c15-14(16,17)10-5-1-2-6-12(10)20-13(21)19-11-7-3-4-9(11)8-18/h1-2,5-6,9,11H,3-4,7-8,18H2,(H2,19,20,21). The minimum atomic E-state index is -4.50. The summed E-state index contributed by atoms with van der Waals surface area (Å²) in [7, 11) is 0. The van der Waals surface area contributed by atoms with Gasteiger partial charge in [-0.2, -0.15) is 13.2 Å². The number of anilines is 1. The van der Waals surface area contributed by atoms with E-state index in [2.05, 4.69) is 10.6 Å². The lowest BCUT2D eigenvalue weighted by Crippen LogP contribution is -2.42. The van der Waals surface area contributed by atoms with Crippen molar-refractivity contribution in [2.75, 3.05) is 11.9 Å². The normalized spacial score (nSPS) is 22.1. The molecule has 0 aliphatic heterocycles. The predicted octanol–water partition coefficient (Wildman–Crippen LogP) is 2.95. The third-order valence-corrected chi connectivity index (χ3v) is 3.76. The van der Waals surface area contributed by atoms with Gasteiger partial charge >= 0.3 is 12.2 Å². The Morgan fingerprint density at radius 2 is 2.00 bits per heavy atom. The number of carbonyl (C=O) groups is 1. The summed E-state index contributed by atoms with van der Waals surface area (Å²) in [6.45, 7) is 0.462. The van der Waals surface area contributed by atoms with Crippen LogP contribution in [0.4, 0.5) is 23.7 Å². The van der Waals surface area contributed by atoms with Crippen LogP contribution >= 0.6 is 0 Å². The van der Waals surface area contributed by atoms with E-state index in [0.29, 0.717) is 6.54 Å². The molecule has 0 heterocycles. The number of rotatable bonds is 3. The molecule has 4 nitrogen and oxygen atoms in total. The molecule has 2 unspecified atom stereocenters. The van der Waals surface area contributed by atoms with Gasteiger partial charge in [-0.3, -0.25) is 0 Å². The molecular weight excluding hydrogens is 283 g/mol. The summed E-state index contributed by atoms with van der Waals surface area (Å²) >= 11 is 0. The van der Waals surface area contributed by atoms with Gasteiger partial charge in [0.2, 0.25) is 0 Å². The van der Waals surface area contributed by atoms with Gasteiger partial charge in [-0.25, -0.2) is 4.79 Å². The summed E-state index contributed by atoms with van der Waals surface area (Å²) in [5.41, 5.74) is 4.51. The molecule has 2 rings (SSSR count). The first-order valence-corrected chi connectivity index (χ1v) is 6.85. The molecule has 4 N–H and O–H groups in total. The lowest BCUT2D eigenvalue weighted by molar-refractivity contribution is -0.136. The van der Waals surface area contributed by atoms with Crippen LogP contribution in [0.2, 0.25) is 0 Å². The Kier molecular flexibility index (Phi) is 4.72. The van der Waals surface area contributed by atoms with Gasteiger partial charge < -0.3 is 16.4 Å². The van der Waals surface area contributed by atoms with Crippen molar-refractivity contribution in [3.05, 3.63) is 29.8 Å². The molecule has 0 saturated heterocycles. The van der Waals surface area contributed by atoms with E-state index >= 15 is 0 Å². The second-order valence-electron chi connectivity index (χ2n) is 5.17. The molecule has 7 heteroatoms. The predicted molar refractivity (Wildman–Crippen MR) is 73.8 cm³/mol. The second kappa shape index (κ2) is 6.34. The zero-order chi connectivity index (χ0) is 15.5. The minimum Gasteiger partial charge on any atom is -0.335 e. The van der Waals surface area contributed by atoms with Crippen LogP contribution in [-0.4, -0.2) is 18.6 Å². The number of hydrogen-bond donors (Lipinski definition) is 3. The molecular formula is C14H18F3N3O. The van der Waals surface area contributed by atoms with Gasteiger partial charge in [-0.1, -0.05) is 18.6 Å². The van der Waals surface area contributed by atoms with Crippen LogP contribution in [0.3, 0.4) is 0 Å². The summed E-state index contributed by atoms with van der Waals surface area (Å²) in [5.74, 6) is 0.189. The van der Waals surface area contributed by atoms with E-state index in [-0.39, 0.29) is 17.6 Å². The molecule has 1 aliphatic rings. The molecule has 1 aromatic rings. The van der Waals surface area contributed by atoms with E-state index in [1.54, 1.807) is 0 Å². The Balaban J connectivity index is 2.03. The molecule has 0 spiro atoms. The van der Waals surface area contributed by atoms with E-state index in [1.165, 1.54) is 18.2 Å². The van der Waals surface area contributed by atoms with Crippen molar-refractivity contribution in [3.8, 4) is 0 Å². The van der Waals surface area contributed by atoms with Crippen molar-refractivity contribution in [1.29, 1.82) is 0 Å². The van der Waals surface area contributed by atoms with E-state index in [9.17, 15) is 18.0 Å². The average molecular weight is 301 g/mol. The Morgan fingerprint density at radius 1 is 1.29 bits per heavy atom. The Labute approximate surface area is 120 Å². The number of halogens is 3. The fraction of sp³-hybridized carbons (Fsp3) is 0.500.